The Morgan fingerprint density at radius 2 is 1.87 bits per heavy atom. The molecule has 0 saturated carbocycles. The van der Waals surface area contributed by atoms with Crippen molar-refractivity contribution in [3.05, 3.63) is 71.9 Å². The van der Waals surface area contributed by atoms with Gasteiger partial charge >= 0.3 is 0 Å². The van der Waals surface area contributed by atoms with Gasteiger partial charge in [0.15, 0.2) is 0 Å². The third-order valence-electron chi connectivity index (χ3n) is 4.52. The van der Waals surface area contributed by atoms with Gasteiger partial charge in [-0.3, -0.25) is 14.3 Å². The Morgan fingerprint density at radius 3 is 2.60 bits per heavy atom. The number of carbonyl (C=O) groups is 2. The average Bonchev–Trinajstić information content (AvgIpc) is 3.20. The van der Waals surface area contributed by atoms with Crippen LogP contribution in [-0.4, -0.2) is 41.8 Å². The van der Waals surface area contributed by atoms with Crippen LogP contribution >= 0.6 is 0 Å². The first-order valence-electron chi connectivity index (χ1n) is 9.91. The number of methoxy groups -OCH3 is 1. The molecule has 2 N–H and O–H groups in total. The summed E-state index contributed by atoms with van der Waals surface area (Å²) in [5, 5.41) is 10.1. The summed E-state index contributed by atoms with van der Waals surface area (Å²) in [6.07, 6.45) is 2.55. The summed E-state index contributed by atoms with van der Waals surface area (Å²) >= 11 is 0. The molecule has 0 unspecified atom stereocenters. The van der Waals surface area contributed by atoms with Crippen molar-refractivity contribution in [1.82, 2.24) is 20.4 Å². The van der Waals surface area contributed by atoms with E-state index in [0.29, 0.717) is 30.1 Å². The standard InChI is InChI=1S/C23H26N4O3/c1-3-12-24-21(28)14-25-23(29)20-16-27(15-17-8-5-4-6-9-17)26-22(20)18-10-7-11-19(13-18)30-2/h4-11,13,16H,3,12,14-15H2,1-2H3,(H,24,28)(H,25,29). The van der Waals surface area contributed by atoms with Crippen molar-refractivity contribution in [3.8, 4) is 17.0 Å². The van der Waals surface area contributed by atoms with Gasteiger partial charge in [-0.2, -0.15) is 5.10 Å². The smallest absolute Gasteiger partial charge is 0.255 e. The lowest BCUT2D eigenvalue weighted by Gasteiger charge is -2.07. The summed E-state index contributed by atoms with van der Waals surface area (Å²) in [7, 11) is 1.59. The van der Waals surface area contributed by atoms with Gasteiger partial charge < -0.3 is 15.4 Å². The second-order valence-electron chi connectivity index (χ2n) is 6.84. The van der Waals surface area contributed by atoms with Gasteiger partial charge in [-0.1, -0.05) is 49.4 Å². The number of amides is 2. The Bertz CT molecular complexity index is 999. The average molecular weight is 406 g/mol. The number of rotatable bonds is 9. The number of hydrogen-bond acceptors (Lipinski definition) is 4. The molecule has 2 aromatic carbocycles. The number of hydrogen-bond donors (Lipinski definition) is 2. The highest BCUT2D eigenvalue weighted by Gasteiger charge is 2.19. The first-order valence-corrected chi connectivity index (χ1v) is 9.91. The predicted octanol–water partition coefficient (Wildman–Crippen LogP) is 2.86. The molecule has 30 heavy (non-hydrogen) atoms. The Labute approximate surface area is 176 Å². The fourth-order valence-corrected chi connectivity index (χ4v) is 3.01. The van der Waals surface area contributed by atoms with Gasteiger partial charge in [-0.05, 0) is 24.1 Å². The highest BCUT2D eigenvalue weighted by atomic mass is 16.5. The van der Waals surface area contributed by atoms with Crippen LogP contribution in [0.4, 0.5) is 0 Å². The van der Waals surface area contributed by atoms with Gasteiger partial charge in [0.2, 0.25) is 5.91 Å². The molecule has 0 radical (unpaired) electrons. The zero-order valence-electron chi connectivity index (χ0n) is 17.2. The molecule has 0 aliphatic rings. The summed E-state index contributed by atoms with van der Waals surface area (Å²) in [4.78, 5) is 24.7. The predicted molar refractivity (Wildman–Crippen MR) is 115 cm³/mol. The zero-order chi connectivity index (χ0) is 21.3. The van der Waals surface area contributed by atoms with Gasteiger partial charge in [-0.15, -0.1) is 0 Å². The van der Waals surface area contributed by atoms with E-state index >= 15 is 0 Å². The third-order valence-corrected chi connectivity index (χ3v) is 4.52. The number of nitrogens with zero attached hydrogens (tertiary/aromatic N) is 2. The van der Waals surface area contributed by atoms with Crippen molar-refractivity contribution >= 4 is 11.8 Å². The number of aromatic nitrogens is 2. The normalized spacial score (nSPS) is 10.5. The first kappa shape index (κ1) is 21.1. The van der Waals surface area contributed by atoms with Gasteiger partial charge in [-0.25, -0.2) is 0 Å². The Hall–Kier alpha value is -3.61. The van der Waals surface area contributed by atoms with Crippen LogP contribution in [0.15, 0.2) is 60.8 Å². The minimum absolute atomic E-state index is 0.0831. The molecule has 3 aromatic rings. The summed E-state index contributed by atoms with van der Waals surface area (Å²) in [6.45, 7) is 3.00. The Kier molecular flexibility index (Phi) is 7.21. The van der Waals surface area contributed by atoms with Crippen LogP contribution in [-0.2, 0) is 11.3 Å². The molecule has 0 atom stereocenters. The van der Waals surface area contributed by atoms with Crippen molar-refractivity contribution in [2.45, 2.75) is 19.9 Å². The lowest BCUT2D eigenvalue weighted by molar-refractivity contribution is -0.120. The zero-order valence-corrected chi connectivity index (χ0v) is 17.2. The molecule has 7 nitrogen and oxygen atoms in total. The van der Waals surface area contributed by atoms with Gasteiger partial charge in [0, 0.05) is 18.3 Å². The lowest BCUT2D eigenvalue weighted by atomic mass is 10.1. The minimum atomic E-state index is -0.348. The van der Waals surface area contributed by atoms with E-state index in [1.165, 1.54) is 0 Å². The maximum atomic E-state index is 12.9. The summed E-state index contributed by atoms with van der Waals surface area (Å²) in [5.41, 5.74) is 2.78. The van der Waals surface area contributed by atoms with Gasteiger partial charge in [0.25, 0.3) is 5.91 Å². The van der Waals surface area contributed by atoms with Crippen LogP contribution in [0.1, 0.15) is 29.3 Å². The van der Waals surface area contributed by atoms with E-state index in [2.05, 4.69) is 15.7 Å². The number of nitrogens with one attached hydrogen (secondary N) is 2. The maximum absolute atomic E-state index is 12.9. The molecule has 156 valence electrons. The number of carbonyl (C=O) groups excluding carboxylic acids is 2. The van der Waals surface area contributed by atoms with Crippen LogP contribution in [0, 0.1) is 0 Å². The molecule has 0 aliphatic carbocycles. The molecule has 3 rings (SSSR count). The van der Waals surface area contributed by atoms with Crippen LogP contribution in [0.25, 0.3) is 11.3 Å². The van der Waals surface area contributed by atoms with E-state index in [9.17, 15) is 9.59 Å². The molecule has 7 heteroatoms. The molecule has 0 bridgehead atoms. The van der Waals surface area contributed by atoms with E-state index in [-0.39, 0.29) is 18.4 Å². The minimum Gasteiger partial charge on any atom is -0.497 e. The number of benzene rings is 2. The van der Waals surface area contributed by atoms with Gasteiger partial charge in [0.1, 0.15) is 11.4 Å². The van der Waals surface area contributed by atoms with Crippen molar-refractivity contribution in [2.24, 2.45) is 0 Å². The number of ether oxygens (including phenoxy) is 1. The molecule has 0 spiro atoms. The summed E-state index contributed by atoms with van der Waals surface area (Å²) in [6, 6.07) is 17.3. The van der Waals surface area contributed by atoms with E-state index in [0.717, 1.165) is 17.5 Å². The monoisotopic (exact) mass is 406 g/mol. The molecule has 0 fully saturated rings. The van der Waals surface area contributed by atoms with E-state index in [1.807, 2.05) is 61.5 Å². The molecule has 0 aliphatic heterocycles. The first-order chi connectivity index (χ1) is 14.6. The van der Waals surface area contributed by atoms with Crippen LogP contribution in [0.5, 0.6) is 5.75 Å². The second-order valence-corrected chi connectivity index (χ2v) is 6.84. The quantitative estimate of drug-likeness (QED) is 0.572. The fourth-order valence-electron chi connectivity index (χ4n) is 3.01. The van der Waals surface area contributed by atoms with Crippen molar-refractivity contribution < 1.29 is 14.3 Å². The summed E-state index contributed by atoms with van der Waals surface area (Å²) < 4.78 is 7.04. The second kappa shape index (κ2) is 10.2. The van der Waals surface area contributed by atoms with Crippen molar-refractivity contribution in [2.75, 3.05) is 20.2 Å². The molecular weight excluding hydrogens is 380 g/mol. The topological polar surface area (TPSA) is 85.3 Å². The maximum Gasteiger partial charge on any atom is 0.255 e. The Balaban J connectivity index is 1.87. The van der Waals surface area contributed by atoms with E-state index in [1.54, 1.807) is 18.0 Å². The van der Waals surface area contributed by atoms with Crippen LogP contribution in [0.2, 0.25) is 0 Å². The molecular formula is C23H26N4O3. The molecule has 1 aromatic heterocycles. The van der Waals surface area contributed by atoms with Crippen molar-refractivity contribution in [3.63, 3.8) is 0 Å². The summed E-state index contributed by atoms with van der Waals surface area (Å²) in [5.74, 6) is 0.110. The van der Waals surface area contributed by atoms with Crippen molar-refractivity contribution in [1.29, 1.82) is 0 Å². The van der Waals surface area contributed by atoms with Crippen LogP contribution < -0.4 is 15.4 Å². The molecule has 0 saturated heterocycles. The van der Waals surface area contributed by atoms with Gasteiger partial charge in [0.05, 0.1) is 25.8 Å². The SMILES string of the molecule is CCCNC(=O)CNC(=O)c1cn(Cc2ccccc2)nc1-c1cccc(OC)c1. The fraction of sp³-hybridized carbons (Fsp3) is 0.261. The highest BCUT2D eigenvalue weighted by Crippen LogP contribution is 2.26. The molecule has 2 amide bonds. The molecule has 1 heterocycles. The van der Waals surface area contributed by atoms with E-state index in [4.69, 9.17) is 4.74 Å². The van der Waals surface area contributed by atoms with Crippen LogP contribution in [0.3, 0.4) is 0 Å². The lowest BCUT2D eigenvalue weighted by Crippen LogP contribution is -2.37. The largest absolute Gasteiger partial charge is 0.497 e. The third kappa shape index (κ3) is 5.47. The van der Waals surface area contributed by atoms with E-state index < -0.39 is 0 Å². The highest BCUT2D eigenvalue weighted by molar-refractivity contribution is 6.01. The Morgan fingerprint density at radius 1 is 1.07 bits per heavy atom.